The van der Waals surface area contributed by atoms with Crippen LogP contribution in [0.4, 0.5) is 5.69 Å². The summed E-state index contributed by atoms with van der Waals surface area (Å²) in [5, 5.41) is 3.34. The minimum atomic E-state index is -4.10. The number of aryl methyl sites for hydroxylation is 2. The van der Waals surface area contributed by atoms with Crippen molar-refractivity contribution in [1.29, 1.82) is 0 Å². The number of carbonyl (C=O) groups is 2. The van der Waals surface area contributed by atoms with Crippen LogP contribution >= 0.6 is 11.6 Å². The maximum Gasteiger partial charge on any atom is 0.264 e. The third kappa shape index (κ3) is 7.14. The van der Waals surface area contributed by atoms with Gasteiger partial charge in [0.15, 0.2) is 0 Å². The van der Waals surface area contributed by atoms with E-state index < -0.39 is 28.5 Å². The van der Waals surface area contributed by atoms with E-state index >= 15 is 0 Å². The van der Waals surface area contributed by atoms with Crippen LogP contribution in [0.15, 0.2) is 77.7 Å². The van der Waals surface area contributed by atoms with E-state index in [1.165, 1.54) is 17.0 Å². The molecular formula is C29H34ClN3O4S. The van der Waals surface area contributed by atoms with Gasteiger partial charge in [-0.3, -0.25) is 13.9 Å². The summed E-state index contributed by atoms with van der Waals surface area (Å²) in [6.07, 6.45) is 0. The number of carbonyl (C=O) groups excluding carboxylic acids is 2. The zero-order chi connectivity index (χ0) is 28.0. The van der Waals surface area contributed by atoms with Crippen LogP contribution < -0.4 is 9.62 Å². The smallest absolute Gasteiger partial charge is 0.264 e. The lowest BCUT2D eigenvalue weighted by atomic mass is 10.1. The Morgan fingerprint density at radius 2 is 1.58 bits per heavy atom. The van der Waals surface area contributed by atoms with Crippen molar-refractivity contribution in [3.63, 3.8) is 0 Å². The molecular weight excluding hydrogens is 522 g/mol. The molecule has 0 heterocycles. The average molecular weight is 556 g/mol. The lowest BCUT2D eigenvalue weighted by Gasteiger charge is -2.32. The van der Waals surface area contributed by atoms with Crippen LogP contribution in [0.5, 0.6) is 0 Å². The number of hydrogen-bond donors (Lipinski definition) is 1. The Balaban J connectivity index is 2.05. The topological polar surface area (TPSA) is 86.8 Å². The van der Waals surface area contributed by atoms with Crippen molar-refractivity contribution in [2.45, 2.75) is 58.1 Å². The molecule has 0 saturated heterocycles. The van der Waals surface area contributed by atoms with Crippen LogP contribution in [-0.2, 0) is 26.2 Å². The van der Waals surface area contributed by atoms with Gasteiger partial charge < -0.3 is 10.2 Å². The number of halogens is 1. The van der Waals surface area contributed by atoms with Gasteiger partial charge in [-0.15, -0.1) is 0 Å². The fraction of sp³-hybridized carbons (Fsp3) is 0.310. The Labute approximate surface area is 230 Å². The molecule has 0 aromatic heterocycles. The third-order valence-electron chi connectivity index (χ3n) is 6.11. The normalized spacial score (nSPS) is 12.2. The van der Waals surface area contributed by atoms with Gasteiger partial charge in [-0.25, -0.2) is 8.42 Å². The van der Waals surface area contributed by atoms with Crippen LogP contribution in [0.1, 0.15) is 37.5 Å². The molecule has 0 aliphatic carbocycles. The summed E-state index contributed by atoms with van der Waals surface area (Å²) in [5.41, 5.74) is 2.73. The number of para-hydroxylation sites is 1. The molecule has 0 fully saturated rings. The first kappa shape index (κ1) is 29.2. The van der Waals surface area contributed by atoms with E-state index in [4.69, 9.17) is 11.6 Å². The van der Waals surface area contributed by atoms with E-state index in [0.717, 1.165) is 15.4 Å². The highest BCUT2D eigenvalue weighted by Crippen LogP contribution is 2.27. The Morgan fingerprint density at radius 1 is 0.921 bits per heavy atom. The molecule has 3 aromatic carbocycles. The second-order valence-corrected chi connectivity index (χ2v) is 11.9. The largest absolute Gasteiger partial charge is 0.352 e. The van der Waals surface area contributed by atoms with Gasteiger partial charge in [0.25, 0.3) is 10.0 Å². The van der Waals surface area contributed by atoms with Gasteiger partial charge in [0.2, 0.25) is 11.8 Å². The molecule has 3 aromatic rings. The summed E-state index contributed by atoms with van der Waals surface area (Å²) in [7, 11) is -4.10. The quantitative estimate of drug-likeness (QED) is 0.377. The molecule has 0 radical (unpaired) electrons. The molecule has 9 heteroatoms. The second kappa shape index (κ2) is 12.5. The van der Waals surface area contributed by atoms with Crippen molar-refractivity contribution < 1.29 is 18.0 Å². The predicted octanol–water partition coefficient (Wildman–Crippen LogP) is 5.09. The Bertz CT molecular complexity index is 1390. The highest BCUT2D eigenvalue weighted by atomic mass is 35.5. The first-order valence-corrected chi connectivity index (χ1v) is 14.2. The van der Waals surface area contributed by atoms with Crippen LogP contribution in [0.2, 0.25) is 5.02 Å². The summed E-state index contributed by atoms with van der Waals surface area (Å²) in [5.74, 6) is -0.852. The van der Waals surface area contributed by atoms with Gasteiger partial charge in [-0.05, 0) is 76.1 Å². The van der Waals surface area contributed by atoms with E-state index in [1.54, 1.807) is 74.5 Å². The van der Waals surface area contributed by atoms with Crippen LogP contribution in [-0.4, -0.2) is 43.8 Å². The van der Waals surface area contributed by atoms with Crippen LogP contribution in [0.25, 0.3) is 0 Å². The molecule has 1 unspecified atom stereocenters. The van der Waals surface area contributed by atoms with E-state index in [-0.39, 0.29) is 23.4 Å². The summed E-state index contributed by atoms with van der Waals surface area (Å²) in [6.45, 7) is 8.56. The molecule has 2 amide bonds. The Morgan fingerprint density at radius 3 is 2.18 bits per heavy atom. The SMILES string of the molecule is Cc1ccc(S(=O)(=O)N(CC(=O)N(Cc2cccc(Cl)c2)C(C)C(=O)NC(C)C)c2ccccc2C)cc1. The van der Waals surface area contributed by atoms with Crippen molar-refractivity contribution in [3.8, 4) is 0 Å². The van der Waals surface area contributed by atoms with E-state index in [2.05, 4.69) is 5.32 Å². The van der Waals surface area contributed by atoms with Crippen molar-refractivity contribution in [1.82, 2.24) is 10.2 Å². The number of amides is 2. The summed E-state index contributed by atoms with van der Waals surface area (Å²) in [6, 6.07) is 19.5. The van der Waals surface area contributed by atoms with Crippen molar-refractivity contribution in [3.05, 3.63) is 94.5 Å². The predicted molar refractivity (Wildman–Crippen MR) is 152 cm³/mol. The molecule has 0 spiro atoms. The molecule has 38 heavy (non-hydrogen) atoms. The second-order valence-electron chi connectivity index (χ2n) is 9.60. The first-order chi connectivity index (χ1) is 17.9. The van der Waals surface area contributed by atoms with Gasteiger partial charge in [-0.1, -0.05) is 59.6 Å². The number of hydrogen-bond acceptors (Lipinski definition) is 4. The lowest BCUT2D eigenvalue weighted by molar-refractivity contribution is -0.139. The van der Waals surface area contributed by atoms with Gasteiger partial charge in [0.1, 0.15) is 12.6 Å². The molecule has 1 N–H and O–H groups in total. The van der Waals surface area contributed by atoms with Gasteiger partial charge >= 0.3 is 0 Å². The van der Waals surface area contributed by atoms with Gasteiger partial charge in [0, 0.05) is 17.6 Å². The highest BCUT2D eigenvalue weighted by Gasteiger charge is 2.33. The molecule has 1 atom stereocenters. The zero-order valence-corrected chi connectivity index (χ0v) is 23.9. The number of nitrogens with zero attached hydrogens (tertiary/aromatic N) is 2. The molecule has 0 aliphatic rings. The molecule has 7 nitrogen and oxygen atoms in total. The first-order valence-electron chi connectivity index (χ1n) is 12.4. The lowest BCUT2D eigenvalue weighted by Crippen LogP contribution is -2.52. The van der Waals surface area contributed by atoms with E-state index in [1.807, 2.05) is 20.8 Å². The van der Waals surface area contributed by atoms with Crippen molar-refractivity contribution in [2.24, 2.45) is 0 Å². The van der Waals surface area contributed by atoms with Gasteiger partial charge in [0.05, 0.1) is 10.6 Å². The highest BCUT2D eigenvalue weighted by molar-refractivity contribution is 7.92. The minimum Gasteiger partial charge on any atom is -0.352 e. The maximum atomic E-state index is 13.9. The van der Waals surface area contributed by atoms with Crippen molar-refractivity contribution in [2.75, 3.05) is 10.8 Å². The molecule has 0 bridgehead atoms. The number of rotatable bonds is 10. The fourth-order valence-corrected chi connectivity index (χ4v) is 5.71. The summed E-state index contributed by atoms with van der Waals surface area (Å²) in [4.78, 5) is 28.3. The van der Waals surface area contributed by atoms with E-state index in [9.17, 15) is 18.0 Å². The average Bonchev–Trinajstić information content (AvgIpc) is 2.85. The standard InChI is InChI=1S/C29H34ClN3O4S/c1-20(2)31-29(35)23(5)32(18-24-10-8-11-25(30)17-24)28(34)19-33(27-12-7-6-9-22(27)4)38(36,37)26-15-13-21(3)14-16-26/h6-17,20,23H,18-19H2,1-5H3,(H,31,35). The summed E-state index contributed by atoms with van der Waals surface area (Å²) >= 11 is 6.17. The van der Waals surface area contributed by atoms with Crippen LogP contribution in [0.3, 0.4) is 0 Å². The number of sulfonamides is 1. The van der Waals surface area contributed by atoms with Crippen LogP contribution in [0, 0.1) is 13.8 Å². The number of nitrogens with one attached hydrogen (secondary N) is 1. The Kier molecular flexibility index (Phi) is 9.57. The number of anilines is 1. The zero-order valence-electron chi connectivity index (χ0n) is 22.3. The molecule has 3 rings (SSSR count). The number of benzene rings is 3. The molecule has 0 saturated carbocycles. The monoisotopic (exact) mass is 555 g/mol. The minimum absolute atomic E-state index is 0.0751. The maximum absolute atomic E-state index is 13.9. The fourth-order valence-electron chi connectivity index (χ4n) is 4.01. The molecule has 0 aliphatic heterocycles. The van der Waals surface area contributed by atoms with Gasteiger partial charge in [-0.2, -0.15) is 0 Å². The third-order valence-corrected chi connectivity index (χ3v) is 8.12. The Hall–Kier alpha value is -3.36. The van der Waals surface area contributed by atoms with E-state index in [0.29, 0.717) is 16.3 Å². The van der Waals surface area contributed by atoms with Crippen molar-refractivity contribution >= 4 is 39.1 Å². The summed E-state index contributed by atoms with van der Waals surface area (Å²) < 4.78 is 28.8. The molecule has 202 valence electrons.